The largest absolute Gasteiger partial charge is 0.497 e. The smallest absolute Gasteiger partial charge is 0.227 e. The third-order valence-corrected chi connectivity index (χ3v) is 5.72. The molecule has 1 aliphatic rings. The van der Waals surface area contributed by atoms with Gasteiger partial charge in [-0.05, 0) is 18.2 Å². The van der Waals surface area contributed by atoms with Gasteiger partial charge in [0.15, 0.2) is 11.5 Å². The fourth-order valence-electron chi connectivity index (χ4n) is 3.19. The van der Waals surface area contributed by atoms with Crippen LogP contribution in [0.2, 0.25) is 0 Å². The lowest BCUT2D eigenvalue weighted by Gasteiger charge is -2.20. The standard InChI is InChI=1S/C21H21N3O4S/c1-25-14-5-6-15-18(9-14)29-11-12-10-22-21(24-19(12)15)23-13-7-16(26-2)20(28-4)17(8-13)27-3/h5-10H,11H2,1-4H3,(H,22,23,24). The highest BCUT2D eigenvalue weighted by Gasteiger charge is 2.20. The molecule has 0 aliphatic carbocycles. The van der Waals surface area contributed by atoms with Crippen molar-refractivity contribution in [2.75, 3.05) is 33.8 Å². The predicted molar refractivity (Wildman–Crippen MR) is 113 cm³/mol. The van der Waals surface area contributed by atoms with Crippen LogP contribution >= 0.6 is 11.8 Å². The zero-order valence-electron chi connectivity index (χ0n) is 16.6. The monoisotopic (exact) mass is 411 g/mol. The second-order valence-corrected chi connectivity index (χ2v) is 7.27. The molecule has 0 fully saturated rings. The molecule has 0 spiro atoms. The highest BCUT2D eigenvalue weighted by molar-refractivity contribution is 7.98. The number of hydrogen-bond donors (Lipinski definition) is 1. The number of thioether (sulfide) groups is 1. The first kappa shape index (κ1) is 19.2. The number of nitrogens with one attached hydrogen (secondary N) is 1. The van der Waals surface area contributed by atoms with Crippen molar-refractivity contribution in [2.24, 2.45) is 0 Å². The molecule has 1 aliphatic heterocycles. The Balaban J connectivity index is 1.70. The summed E-state index contributed by atoms with van der Waals surface area (Å²) in [4.78, 5) is 10.4. The molecule has 1 aromatic heterocycles. The second kappa shape index (κ2) is 8.08. The summed E-state index contributed by atoms with van der Waals surface area (Å²) in [5, 5.41) is 3.24. The molecule has 0 atom stereocenters. The predicted octanol–water partition coefficient (Wildman–Crippen LogP) is 4.53. The molecule has 3 aromatic rings. The van der Waals surface area contributed by atoms with E-state index < -0.39 is 0 Å². The lowest BCUT2D eigenvalue weighted by atomic mass is 10.1. The molecule has 0 saturated heterocycles. The summed E-state index contributed by atoms with van der Waals surface area (Å²) in [6.45, 7) is 0. The van der Waals surface area contributed by atoms with E-state index in [-0.39, 0.29) is 0 Å². The molecule has 2 heterocycles. The fourth-order valence-corrected chi connectivity index (χ4v) is 4.23. The first-order chi connectivity index (χ1) is 14.2. The summed E-state index contributed by atoms with van der Waals surface area (Å²) in [6, 6.07) is 9.66. The van der Waals surface area contributed by atoms with Gasteiger partial charge in [-0.2, -0.15) is 0 Å². The molecule has 0 unspecified atom stereocenters. The Morgan fingerprint density at radius 2 is 1.69 bits per heavy atom. The van der Waals surface area contributed by atoms with Crippen molar-refractivity contribution in [1.82, 2.24) is 9.97 Å². The van der Waals surface area contributed by atoms with Gasteiger partial charge in [0.25, 0.3) is 0 Å². The summed E-state index contributed by atoms with van der Waals surface area (Å²) in [5.74, 6) is 3.80. The third-order valence-electron chi connectivity index (χ3n) is 4.61. The van der Waals surface area contributed by atoms with Gasteiger partial charge in [0, 0.05) is 45.8 Å². The van der Waals surface area contributed by atoms with Crippen molar-refractivity contribution in [3.05, 3.63) is 42.1 Å². The van der Waals surface area contributed by atoms with Crippen LogP contribution < -0.4 is 24.3 Å². The Bertz CT molecular complexity index is 1030. The van der Waals surface area contributed by atoms with Gasteiger partial charge in [0.1, 0.15) is 5.75 Å². The first-order valence-corrected chi connectivity index (χ1v) is 9.89. The van der Waals surface area contributed by atoms with Crippen molar-refractivity contribution in [3.8, 4) is 34.3 Å². The molecule has 0 amide bonds. The van der Waals surface area contributed by atoms with E-state index in [9.17, 15) is 0 Å². The van der Waals surface area contributed by atoms with E-state index in [1.807, 2.05) is 36.5 Å². The molecule has 2 aromatic carbocycles. The third kappa shape index (κ3) is 3.63. The van der Waals surface area contributed by atoms with Gasteiger partial charge in [0.05, 0.1) is 34.1 Å². The van der Waals surface area contributed by atoms with E-state index in [4.69, 9.17) is 23.9 Å². The number of nitrogens with zero attached hydrogens (tertiary/aromatic N) is 2. The van der Waals surface area contributed by atoms with Gasteiger partial charge >= 0.3 is 0 Å². The minimum Gasteiger partial charge on any atom is -0.497 e. The number of methoxy groups -OCH3 is 4. The zero-order chi connectivity index (χ0) is 20.4. The summed E-state index contributed by atoms with van der Waals surface area (Å²) >= 11 is 1.76. The molecule has 8 heteroatoms. The van der Waals surface area contributed by atoms with E-state index in [0.29, 0.717) is 23.2 Å². The Kier molecular flexibility index (Phi) is 5.35. The molecule has 4 rings (SSSR count). The van der Waals surface area contributed by atoms with Crippen molar-refractivity contribution in [3.63, 3.8) is 0 Å². The highest BCUT2D eigenvalue weighted by Crippen LogP contribution is 2.43. The molecule has 7 nitrogen and oxygen atoms in total. The molecule has 0 saturated carbocycles. The molecular weight excluding hydrogens is 390 g/mol. The highest BCUT2D eigenvalue weighted by atomic mass is 32.2. The van der Waals surface area contributed by atoms with Crippen LogP contribution in [0.25, 0.3) is 11.3 Å². The van der Waals surface area contributed by atoms with Crippen LogP contribution in [0, 0.1) is 0 Å². The van der Waals surface area contributed by atoms with Crippen molar-refractivity contribution >= 4 is 23.4 Å². The van der Waals surface area contributed by atoms with Crippen molar-refractivity contribution < 1.29 is 18.9 Å². The van der Waals surface area contributed by atoms with E-state index >= 15 is 0 Å². The van der Waals surface area contributed by atoms with Crippen molar-refractivity contribution in [2.45, 2.75) is 10.6 Å². The van der Waals surface area contributed by atoms with Crippen LogP contribution in [-0.2, 0) is 5.75 Å². The summed E-state index contributed by atoms with van der Waals surface area (Å²) in [5.41, 5.74) is 3.83. The number of hydrogen-bond acceptors (Lipinski definition) is 8. The summed E-state index contributed by atoms with van der Waals surface area (Å²) in [6.07, 6.45) is 1.86. The van der Waals surface area contributed by atoms with Crippen LogP contribution in [-0.4, -0.2) is 38.4 Å². The van der Waals surface area contributed by atoms with Crippen LogP contribution in [0.5, 0.6) is 23.0 Å². The van der Waals surface area contributed by atoms with Gasteiger partial charge < -0.3 is 24.3 Å². The topological polar surface area (TPSA) is 74.7 Å². The van der Waals surface area contributed by atoms with Crippen LogP contribution in [0.4, 0.5) is 11.6 Å². The Hall–Kier alpha value is -3.13. The van der Waals surface area contributed by atoms with E-state index in [1.165, 1.54) is 0 Å². The minimum atomic E-state index is 0.492. The van der Waals surface area contributed by atoms with Crippen molar-refractivity contribution in [1.29, 1.82) is 0 Å². The summed E-state index contributed by atoms with van der Waals surface area (Å²) in [7, 11) is 6.41. The van der Waals surface area contributed by atoms with E-state index in [2.05, 4.69) is 10.3 Å². The maximum absolute atomic E-state index is 5.42. The quantitative estimate of drug-likeness (QED) is 0.634. The van der Waals surface area contributed by atoms with Gasteiger partial charge in [-0.15, -0.1) is 11.8 Å². The number of rotatable bonds is 6. The zero-order valence-corrected chi connectivity index (χ0v) is 17.4. The Morgan fingerprint density at radius 3 is 2.34 bits per heavy atom. The summed E-state index contributed by atoms with van der Waals surface area (Å²) < 4.78 is 21.5. The molecule has 0 bridgehead atoms. The van der Waals surface area contributed by atoms with E-state index in [1.54, 1.807) is 40.2 Å². The normalized spacial score (nSPS) is 11.9. The fraction of sp³-hybridized carbons (Fsp3) is 0.238. The maximum Gasteiger partial charge on any atom is 0.227 e. The number of fused-ring (bicyclic) bond motifs is 3. The van der Waals surface area contributed by atoms with Gasteiger partial charge in [-0.25, -0.2) is 9.97 Å². The Labute approximate surface area is 173 Å². The average Bonchev–Trinajstić information content (AvgIpc) is 2.77. The molecule has 0 radical (unpaired) electrons. The number of benzene rings is 2. The lowest BCUT2D eigenvalue weighted by Crippen LogP contribution is -2.05. The molecule has 1 N–H and O–H groups in total. The Morgan fingerprint density at radius 1 is 0.931 bits per heavy atom. The van der Waals surface area contributed by atoms with Crippen LogP contribution in [0.15, 0.2) is 41.4 Å². The SMILES string of the molecule is COc1ccc2c(c1)SCc1cnc(Nc3cc(OC)c(OC)c(OC)c3)nc1-2. The molecule has 29 heavy (non-hydrogen) atoms. The lowest BCUT2D eigenvalue weighted by molar-refractivity contribution is 0.324. The maximum atomic E-state index is 5.42. The van der Waals surface area contributed by atoms with Gasteiger partial charge in [-0.3, -0.25) is 0 Å². The second-order valence-electron chi connectivity index (χ2n) is 6.26. The number of aromatic nitrogens is 2. The van der Waals surface area contributed by atoms with Crippen LogP contribution in [0.3, 0.4) is 0 Å². The molecular formula is C21H21N3O4S. The van der Waals surface area contributed by atoms with E-state index in [0.717, 1.165) is 38.9 Å². The number of anilines is 2. The first-order valence-electron chi connectivity index (χ1n) is 8.91. The van der Waals surface area contributed by atoms with Crippen LogP contribution in [0.1, 0.15) is 5.56 Å². The van der Waals surface area contributed by atoms with Gasteiger partial charge in [-0.1, -0.05) is 0 Å². The minimum absolute atomic E-state index is 0.492. The number of ether oxygens (including phenoxy) is 4. The average molecular weight is 411 g/mol. The molecule has 150 valence electrons. The van der Waals surface area contributed by atoms with Gasteiger partial charge in [0.2, 0.25) is 11.7 Å².